The number of allylic oxidation sites excluding steroid dienone is 4. The standard InChI is InChI=1S/C73H102N11O26P3S2/c1-6-19-46-36-48-37-49-38-55(75-7-2)45(4)35-53(49)67(52(48)34-44(46)3)50-21-12-13-22-51(50)71(96)83(5)31-17-26-60(86)76-28-14-8-10-24-62(88)79-54(69(94)78-29-15-9-11-25-63(89)80-56(39-65(90)91)70(95)81-57(72(97)98)40-66(92)93)23-18-32-114-115-33-27-61(87)77-30-16-20-47-42-84(73(99)82-68(47)74)64-41-58(85)59(108-64)43-107-112(103,104)110-113(105,106)109-111(100,101)102/h12-13,21-22,34-36,38,42,53-54,56-59,64,67,85H,6-11,14-15,17-19,23-33,37,39-41,43H2,1-5H3,(H,76,86)(H,77,87)(H,78,94)(H,79,88)(H,80,89)(H,81,95)(H,90,91)(H,92,93)(H,97,98)(H,103,104)(H,105,106)(H2,74,82,99)(H2,100,101,102)/b75-55+/t53?,54?,56?,57?,58?,59-,64-,67?/m1/s1. The van der Waals surface area contributed by atoms with Crippen molar-refractivity contribution in [3.63, 3.8) is 0 Å². The molecule has 37 nitrogen and oxygen atoms in total. The van der Waals surface area contributed by atoms with Crippen LogP contribution < -0.4 is 43.3 Å². The van der Waals surface area contributed by atoms with Crippen LogP contribution in [0.1, 0.15) is 186 Å². The Kier molecular flexibility index (Phi) is 38.6. The second-order valence-electron chi connectivity index (χ2n) is 27.5. The van der Waals surface area contributed by atoms with Gasteiger partial charge in [-0.3, -0.25) is 57.2 Å². The highest BCUT2D eigenvalue weighted by molar-refractivity contribution is 8.76. The van der Waals surface area contributed by atoms with E-state index >= 15 is 0 Å². The molecule has 3 aromatic rings. The van der Waals surface area contributed by atoms with E-state index in [1.165, 1.54) is 49.4 Å². The van der Waals surface area contributed by atoms with Crippen molar-refractivity contribution in [2.24, 2.45) is 10.9 Å². The molecule has 16 N–H and O–H groups in total. The lowest BCUT2D eigenvalue weighted by Gasteiger charge is -2.38. The number of phosphoric acid groups is 3. The van der Waals surface area contributed by atoms with Gasteiger partial charge in [-0.25, -0.2) is 23.3 Å². The summed E-state index contributed by atoms with van der Waals surface area (Å²) in [5.74, 6) is -2.38. The fraction of sp³-hybridized carbons (Fsp3) is 0.548. The number of nitrogens with zero attached hydrogens (tertiary/aromatic N) is 4. The van der Waals surface area contributed by atoms with Crippen LogP contribution in [0.4, 0.5) is 5.82 Å². The smallest absolute Gasteiger partial charge is 0.481 e. The minimum Gasteiger partial charge on any atom is -0.481 e. The highest BCUT2D eigenvalue weighted by Gasteiger charge is 2.44. The van der Waals surface area contributed by atoms with Crippen LogP contribution in [0.25, 0.3) is 0 Å². The molecule has 42 heteroatoms. The molecule has 0 spiro atoms. The maximum atomic E-state index is 14.5. The third kappa shape index (κ3) is 32.2. The number of anilines is 1. The van der Waals surface area contributed by atoms with E-state index in [1.54, 1.807) is 11.9 Å². The summed E-state index contributed by atoms with van der Waals surface area (Å²) in [7, 11) is -12.5. The zero-order valence-electron chi connectivity index (χ0n) is 64.4. The number of unbranched alkanes of at least 4 members (excludes halogenated alkanes) is 4. The Morgan fingerprint density at radius 2 is 1.40 bits per heavy atom. The molecule has 3 aliphatic rings. The van der Waals surface area contributed by atoms with Crippen LogP contribution in [0.2, 0.25) is 0 Å². The Morgan fingerprint density at radius 3 is 2.06 bits per heavy atom. The van der Waals surface area contributed by atoms with Crippen molar-refractivity contribution >= 4 is 116 Å². The zero-order valence-corrected chi connectivity index (χ0v) is 68.7. The number of carboxylic acids is 3. The summed E-state index contributed by atoms with van der Waals surface area (Å²) in [5, 5.41) is 53.6. The van der Waals surface area contributed by atoms with Gasteiger partial charge in [-0.2, -0.15) is 13.6 Å². The number of ether oxygens (including phenoxy) is 1. The van der Waals surface area contributed by atoms with Crippen molar-refractivity contribution in [3.8, 4) is 11.8 Å². The number of hydrogen-bond acceptors (Lipinski definition) is 24. The molecule has 1 saturated heterocycles. The Hall–Kier alpha value is -8.44. The van der Waals surface area contributed by atoms with Crippen molar-refractivity contribution in [1.82, 2.24) is 46.4 Å². The Balaban J connectivity index is 0.945. The second kappa shape index (κ2) is 46.5. The van der Waals surface area contributed by atoms with Gasteiger partial charge >= 0.3 is 47.1 Å². The summed E-state index contributed by atoms with van der Waals surface area (Å²) in [5.41, 5.74) is 15.0. The molecule has 0 saturated carbocycles. The molecule has 6 rings (SSSR count). The van der Waals surface area contributed by atoms with Gasteiger partial charge in [0.05, 0.1) is 43.4 Å². The van der Waals surface area contributed by atoms with E-state index in [-0.39, 0.29) is 105 Å². The SMILES string of the molecule is CCCc1cc2c(cc1C)C(c1ccccc1C(=O)N(C)CCCC(=O)NCCCCCC(=O)NC(CCCSSCCC(=O)NCC#Cc1cn([C@H]3CC(O)[C@@H](COP(=O)(O)OP(=O)(O)OP(=O)(O)O)O3)c(=O)nc1N)C(=O)NCCCCCC(=O)NC(CC(=O)O)C(=O)NC(CC(=O)O)C(=O)O)C1C=C(C)/C(=N/CC)C=C1C2. The number of benzene rings is 2. The lowest BCUT2D eigenvalue weighted by Crippen LogP contribution is -2.52. The minimum atomic E-state index is -5.83. The lowest BCUT2D eigenvalue weighted by molar-refractivity contribution is -0.148. The summed E-state index contributed by atoms with van der Waals surface area (Å²) in [6.07, 6.45) is 5.77. The van der Waals surface area contributed by atoms with E-state index in [4.69, 9.17) is 30.4 Å². The van der Waals surface area contributed by atoms with E-state index < -0.39 is 121 Å². The Morgan fingerprint density at radius 1 is 0.757 bits per heavy atom. The predicted octanol–water partition coefficient (Wildman–Crippen LogP) is 5.14. The molecule has 115 heavy (non-hydrogen) atoms. The number of phosphoric ester groups is 1. The van der Waals surface area contributed by atoms with Gasteiger partial charge in [0, 0.05) is 100 Å². The molecular weight excluding hydrogens is 1600 g/mol. The summed E-state index contributed by atoms with van der Waals surface area (Å²) < 4.78 is 53.1. The number of nitrogen functional groups attached to an aromatic ring is 1. The number of rotatable bonds is 48. The zero-order chi connectivity index (χ0) is 84.7. The minimum absolute atomic E-state index is 0.00121. The molecule has 0 bridgehead atoms. The van der Waals surface area contributed by atoms with E-state index in [9.17, 15) is 91.5 Å². The van der Waals surface area contributed by atoms with Crippen LogP contribution in [0.5, 0.6) is 0 Å². The number of aromatic nitrogens is 2. The molecule has 1 aliphatic heterocycles. The van der Waals surface area contributed by atoms with Crippen LogP contribution in [0, 0.1) is 24.7 Å². The summed E-state index contributed by atoms with van der Waals surface area (Å²) in [6.45, 7) is 8.80. The van der Waals surface area contributed by atoms with Crippen molar-refractivity contribution < 1.29 is 120 Å². The maximum absolute atomic E-state index is 14.5. The highest BCUT2D eigenvalue weighted by atomic mass is 33.1. The summed E-state index contributed by atoms with van der Waals surface area (Å²) in [4.78, 5) is 187. The number of carbonyl (C=O) groups excluding carboxylic acids is 7. The number of nitrogens with one attached hydrogen (secondary N) is 6. The predicted molar refractivity (Wildman–Crippen MR) is 423 cm³/mol. The fourth-order valence-corrected chi connectivity index (χ4v) is 18.0. The van der Waals surface area contributed by atoms with Crippen molar-refractivity contribution in [3.05, 3.63) is 115 Å². The Labute approximate surface area is 672 Å². The first-order valence-electron chi connectivity index (χ1n) is 37.4. The van der Waals surface area contributed by atoms with Crippen LogP contribution in [0.15, 0.2) is 75.7 Å². The van der Waals surface area contributed by atoms with E-state index in [1.807, 2.05) is 30.4 Å². The van der Waals surface area contributed by atoms with Crippen LogP contribution >= 0.6 is 45.1 Å². The van der Waals surface area contributed by atoms with Gasteiger partial charge < -0.3 is 87.3 Å². The normalized spacial score (nSPS) is 18.5. The second-order valence-corrected chi connectivity index (χ2v) is 34.6. The molecule has 7 amide bonds. The summed E-state index contributed by atoms with van der Waals surface area (Å²) >= 11 is 0. The molecule has 2 heterocycles. The van der Waals surface area contributed by atoms with Crippen molar-refractivity contribution in [2.45, 2.75) is 192 Å². The van der Waals surface area contributed by atoms with Gasteiger partial charge in [-0.15, -0.1) is 0 Å². The first-order chi connectivity index (χ1) is 54.4. The van der Waals surface area contributed by atoms with Gasteiger partial charge in [-0.1, -0.05) is 102 Å². The molecule has 8 unspecified atom stereocenters. The average Bonchev–Trinajstić information content (AvgIpc) is 0.992. The first kappa shape index (κ1) is 95.4. The number of aliphatic imine (C=N–C) groups is 1. The van der Waals surface area contributed by atoms with Crippen LogP contribution in [-0.4, -0.2) is 208 Å². The largest absolute Gasteiger partial charge is 0.490 e. The Bertz CT molecular complexity index is 4380. The number of aliphatic hydroxyl groups is 1. The number of aliphatic carboxylic acids is 3. The van der Waals surface area contributed by atoms with Crippen LogP contribution in [-0.2, 0) is 87.6 Å². The number of nitrogens with two attached hydrogens (primary N) is 1. The molecule has 10 atom stereocenters. The molecule has 1 fully saturated rings. The number of fused-ring (bicyclic) bond motifs is 2. The van der Waals surface area contributed by atoms with Crippen molar-refractivity contribution in [2.75, 3.05) is 63.6 Å². The lowest BCUT2D eigenvalue weighted by atomic mass is 9.65. The third-order valence-corrected chi connectivity index (χ3v) is 24.8. The van der Waals surface area contributed by atoms with E-state index in [0.717, 1.165) is 46.9 Å². The quantitative estimate of drug-likeness (QED) is 0.0150. The number of amides is 7. The molecule has 0 radical (unpaired) electrons. The molecule has 2 aliphatic carbocycles. The van der Waals surface area contributed by atoms with Gasteiger partial charge in [0.1, 0.15) is 36.3 Å². The average molecular weight is 1710 g/mol. The van der Waals surface area contributed by atoms with E-state index in [2.05, 4.69) is 108 Å². The molecule has 632 valence electrons. The molecule has 1 aromatic heterocycles. The molecule has 2 aromatic carbocycles. The first-order valence-corrected chi connectivity index (χ1v) is 44.4. The van der Waals surface area contributed by atoms with Crippen LogP contribution in [0.3, 0.4) is 0 Å². The van der Waals surface area contributed by atoms with E-state index in [0.29, 0.717) is 81.6 Å². The number of aliphatic hydroxyl groups excluding tert-OH is 1. The summed E-state index contributed by atoms with van der Waals surface area (Å²) in [6, 6.07) is 7.94. The number of carboxylic acid groups (broad SMARTS) is 3. The third-order valence-electron chi connectivity index (χ3n) is 18.5. The topological polar surface area (TPSA) is 569 Å². The number of hydrogen-bond donors (Lipinski definition) is 15. The number of carbonyl (C=O) groups is 10. The molecular formula is C73H102N11O26P3S2. The number of aryl methyl sites for hydroxylation is 2. The highest BCUT2D eigenvalue weighted by Crippen LogP contribution is 2.66. The monoisotopic (exact) mass is 1710 g/mol. The van der Waals surface area contributed by atoms with Gasteiger partial charge in [0.15, 0.2) is 0 Å². The van der Waals surface area contributed by atoms with Gasteiger partial charge in [0.25, 0.3) is 5.91 Å². The van der Waals surface area contributed by atoms with Crippen molar-refractivity contribution in [1.29, 1.82) is 0 Å². The fourth-order valence-electron chi connectivity index (χ4n) is 12.9. The maximum Gasteiger partial charge on any atom is 0.490 e. The van der Waals surface area contributed by atoms with Gasteiger partial charge in [0.2, 0.25) is 35.4 Å². The van der Waals surface area contributed by atoms with Gasteiger partial charge in [-0.05, 0) is 124 Å².